The van der Waals surface area contributed by atoms with E-state index in [1.54, 1.807) is 37.4 Å². The molecule has 1 amide bonds. The summed E-state index contributed by atoms with van der Waals surface area (Å²) in [7, 11) is 1.51. The molecule has 27 heavy (non-hydrogen) atoms. The van der Waals surface area contributed by atoms with Crippen molar-refractivity contribution in [2.75, 3.05) is 18.2 Å². The molecule has 1 saturated carbocycles. The minimum absolute atomic E-state index is 0.120. The number of ether oxygens (including phenoxy) is 1. The fraction of sp³-hybridized carbons (Fsp3) is 0.350. The predicted octanol–water partition coefficient (Wildman–Crippen LogP) is 2.72. The van der Waals surface area contributed by atoms with E-state index in [1.165, 1.54) is 26.0 Å². The van der Waals surface area contributed by atoms with E-state index >= 15 is 0 Å². The molecule has 1 aliphatic carbocycles. The van der Waals surface area contributed by atoms with Crippen molar-refractivity contribution in [2.24, 2.45) is 4.99 Å². The van der Waals surface area contributed by atoms with Gasteiger partial charge < -0.3 is 15.8 Å². The molecular weight excluding hydrogens is 344 g/mol. The number of nitrogens with zero attached hydrogens (tertiary/aromatic N) is 2. The highest BCUT2D eigenvalue weighted by Crippen LogP contribution is 2.30. The Morgan fingerprint density at radius 2 is 2.11 bits per heavy atom. The fourth-order valence-electron chi connectivity index (χ4n) is 3.20. The number of anilines is 2. The summed E-state index contributed by atoms with van der Waals surface area (Å²) in [4.78, 5) is 17.2. The van der Waals surface area contributed by atoms with E-state index in [0.717, 1.165) is 23.1 Å². The molecule has 7 heteroatoms. The number of aryl methyl sites for hydroxylation is 1. The minimum Gasteiger partial charge on any atom is -0.494 e. The number of nitrogens with one attached hydrogen (secondary N) is 1. The zero-order valence-corrected chi connectivity index (χ0v) is 15.6. The van der Waals surface area contributed by atoms with Gasteiger partial charge in [-0.1, -0.05) is 12.8 Å². The van der Waals surface area contributed by atoms with Gasteiger partial charge in [-0.2, -0.15) is 0 Å². The van der Waals surface area contributed by atoms with Crippen molar-refractivity contribution in [3.63, 3.8) is 0 Å². The number of carbonyl (C=O) groups excluding carboxylic acids is 1. The third kappa shape index (κ3) is 4.19. The van der Waals surface area contributed by atoms with Crippen LogP contribution in [0.1, 0.15) is 47.4 Å². The number of amides is 1. The summed E-state index contributed by atoms with van der Waals surface area (Å²) in [6.45, 7) is 1.71. The zero-order valence-electron chi connectivity index (χ0n) is 15.6. The normalized spacial score (nSPS) is 14.6. The molecule has 7 nitrogen and oxygen atoms in total. The van der Waals surface area contributed by atoms with Crippen molar-refractivity contribution in [3.8, 4) is 5.75 Å². The summed E-state index contributed by atoms with van der Waals surface area (Å²) in [5.74, 6) is -0.0148. The Morgan fingerprint density at radius 3 is 2.81 bits per heavy atom. The predicted molar refractivity (Wildman–Crippen MR) is 104 cm³/mol. The molecule has 1 aromatic carbocycles. The van der Waals surface area contributed by atoms with E-state index < -0.39 is 5.91 Å². The van der Waals surface area contributed by atoms with Crippen LogP contribution >= 0.6 is 0 Å². The lowest BCUT2D eigenvalue weighted by Gasteiger charge is -2.12. The van der Waals surface area contributed by atoms with Crippen LogP contribution in [0.2, 0.25) is 0 Å². The molecule has 0 atom stereocenters. The third-order valence-corrected chi connectivity index (χ3v) is 4.79. The second kappa shape index (κ2) is 8.07. The van der Waals surface area contributed by atoms with Gasteiger partial charge in [0.25, 0.3) is 0 Å². The molecule has 1 aromatic heterocycles. The first-order valence-corrected chi connectivity index (χ1v) is 9.02. The molecule has 0 unspecified atom stereocenters. The smallest absolute Gasteiger partial charge is 0.325 e. The molecule has 4 N–H and O–H groups in total. The quantitative estimate of drug-likeness (QED) is 0.326. The Kier molecular flexibility index (Phi) is 5.59. The Labute approximate surface area is 158 Å². The SMILES string of the molecule is COc1cc(N)c(C=NC2CCCC2)cc1NC(=O)c1cccc(C)[n+]1O. The Balaban J connectivity index is 1.88. The summed E-state index contributed by atoms with van der Waals surface area (Å²) in [5.41, 5.74) is 8.49. The van der Waals surface area contributed by atoms with Crippen molar-refractivity contribution in [2.45, 2.75) is 38.6 Å². The van der Waals surface area contributed by atoms with Crippen LogP contribution in [0.15, 0.2) is 35.3 Å². The highest BCUT2D eigenvalue weighted by molar-refractivity contribution is 6.04. The molecule has 2 aromatic rings. The minimum atomic E-state index is -0.456. The number of aromatic nitrogens is 1. The van der Waals surface area contributed by atoms with Crippen LogP contribution in [0.3, 0.4) is 0 Å². The van der Waals surface area contributed by atoms with Gasteiger partial charge >= 0.3 is 11.6 Å². The van der Waals surface area contributed by atoms with Crippen LogP contribution < -0.4 is 20.5 Å². The summed E-state index contributed by atoms with van der Waals surface area (Å²) >= 11 is 0. The van der Waals surface area contributed by atoms with Gasteiger partial charge in [0.05, 0.1) is 12.8 Å². The first-order valence-electron chi connectivity index (χ1n) is 9.02. The summed E-state index contributed by atoms with van der Waals surface area (Å²) in [5, 5.41) is 12.8. The van der Waals surface area contributed by atoms with Crippen LogP contribution in [-0.2, 0) is 0 Å². The maximum atomic E-state index is 12.6. The maximum Gasteiger partial charge on any atom is 0.325 e. The number of rotatable bonds is 5. The second-order valence-corrected chi connectivity index (χ2v) is 6.72. The number of nitrogen functional groups attached to an aromatic ring is 1. The summed E-state index contributed by atoms with van der Waals surface area (Å²) in [6, 6.07) is 8.69. The molecule has 142 valence electrons. The van der Waals surface area contributed by atoms with E-state index in [0.29, 0.717) is 28.9 Å². The van der Waals surface area contributed by atoms with Gasteiger partial charge in [-0.25, -0.2) is 0 Å². The van der Waals surface area contributed by atoms with Gasteiger partial charge in [0.2, 0.25) is 5.69 Å². The van der Waals surface area contributed by atoms with Crippen LogP contribution in [0.5, 0.6) is 5.75 Å². The molecule has 1 heterocycles. The average Bonchev–Trinajstić information content (AvgIpc) is 3.17. The lowest BCUT2D eigenvalue weighted by Crippen LogP contribution is -2.42. The molecule has 0 aliphatic heterocycles. The molecule has 0 spiro atoms. The summed E-state index contributed by atoms with van der Waals surface area (Å²) in [6.07, 6.45) is 6.37. The van der Waals surface area contributed by atoms with Crippen molar-refractivity contribution in [1.82, 2.24) is 0 Å². The molecular formula is C20H25N4O3+. The van der Waals surface area contributed by atoms with Gasteiger partial charge in [0.15, 0.2) is 0 Å². The Morgan fingerprint density at radius 1 is 1.37 bits per heavy atom. The van der Waals surface area contributed by atoms with Crippen LogP contribution in [0.4, 0.5) is 11.4 Å². The monoisotopic (exact) mass is 369 g/mol. The van der Waals surface area contributed by atoms with Crippen LogP contribution in [0, 0.1) is 6.92 Å². The van der Waals surface area contributed by atoms with Crippen molar-refractivity contribution in [1.29, 1.82) is 0 Å². The molecule has 0 bridgehead atoms. The lowest BCUT2D eigenvalue weighted by atomic mass is 10.1. The number of hydrogen-bond donors (Lipinski definition) is 3. The van der Waals surface area contributed by atoms with Gasteiger partial charge in [-0.05, 0) is 25.0 Å². The second-order valence-electron chi connectivity index (χ2n) is 6.72. The van der Waals surface area contributed by atoms with Gasteiger partial charge in [-0.3, -0.25) is 15.0 Å². The van der Waals surface area contributed by atoms with Gasteiger partial charge in [0, 0.05) is 53.4 Å². The average molecular weight is 369 g/mol. The van der Waals surface area contributed by atoms with Crippen LogP contribution in [-0.4, -0.2) is 30.5 Å². The third-order valence-electron chi connectivity index (χ3n) is 4.79. The van der Waals surface area contributed by atoms with Crippen molar-refractivity contribution < 1.29 is 19.5 Å². The highest BCUT2D eigenvalue weighted by Gasteiger charge is 2.23. The van der Waals surface area contributed by atoms with Crippen molar-refractivity contribution >= 4 is 23.5 Å². The van der Waals surface area contributed by atoms with Gasteiger partial charge in [0.1, 0.15) is 5.75 Å². The van der Waals surface area contributed by atoms with Crippen LogP contribution in [0.25, 0.3) is 0 Å². The van der Waals surface area contributed by atoms with Crippen molar-refractivity contribution in [3.05, 3.63) is 47.3 Å². The number of methoxy groups -OCH3 is 1. The van der Waals surface area contributed by atoms with E-state index in [4.69, 9.17) is 10.5 Å². The molecule has 1 aliphatic rings. The molecule has 1 fully saturated rings. The Hall–Kier alpha value is -3.09. The van der Waals surface area contributed by atoms with E-state index in [2.05, 4.69) is 10.3 Å². The summed E-state index contributed by atoms with van der Waals surface area (Å²) < 4.78 is 6.19. The Bertz CT molecular complexity index is 874. The number of pyridine rings is 1. The standard InChI is InChI=1S/C20H24N4O3/c1-13-6-5-9-18(24(13)26)20(25)23-17-10-14(16(21)11-19(17)27-2)12-22-15-7-3-4-8-15/h5-6,9-12,15,21,25-26H,3-4,7-8H2,1-2H3/p+1. The highest BCUT2D eigenvalue weighted by atomic mass is 16.5. The first kappa shape index (κ1) is 18.7. The largest absolute Gasteiger partial charge is 0.494 e. The van der Waals surface area contributed by atoms with E-state index in [-0.39, 0.29) is 5.69 Å². The van der Waals surface area contributed by atoms with E-state index in [9.17, 15) is 10.0 Å². The van der Waals surface area contributed by atoms with E-state index in [1.807, 2.05) is 0 Å². The topological polar surface area (TPSA) is 101 Å². The number of benzene rings is 1. The molecule has 0 saturated heterocycles. The first-order chi connectivity index (χ1) is 13.0. The lowest BCUT2D eigenvalue weighted by molar-refractivity contribution is -0.909. The number of hydrogen-bond acceptors (Lipinski definition) is 5. The zero-order chi connectivity index (χ0) is 19.4. The number of aliphatic imine (C=N–C) groups is 1. The number of carbonyl (C=O) groups is 1. The molecule has 3 rings (SSSR count). The number of nitrogens with two attached hydrogens (primary N) is 1. The molecule has 0 radical (unpaired) electrons. The fourth-order valence-corrected chi connectivity index (χ4v) is 3.20. The van der Waals surface area contributed by atoms with Gasteiger partial charge in [-0.15, -0.1) is 0 Å². The maximum absolute atomic E-state index is 12.6.